The molecule has 7 aromatic carbocycles. The summed E-state index contributed by atoms with van der Waals surface area (Å²) in [5.74, 6) is 1.86. The molecule has 9 aromatic rings. The van der Waals surface area contributed by atoms with E-state index in [9.17, 15) is 0 Å². The van der Waals surface area contributed by atoms with E-state index in [0.717, 1.165) is 50.0 Å². The minimum Gasteiger partial charge on any atom is -0.310 e. The zero-order valence-electron chi connectivity index (χ0n) is 29.5. The fourth-order valence-corrected chi connectivity index (χ4v) is 8.20. The first-order chi connectivity index (χ1) is 26.1. The Morgan fingerprint density at radius 1 is 0.472 bits per heavy atom. The van der Waals surface area contributed by atoms with Crippen LogP contribution in [0.1, 0.15) is 25.0 Å². The highest BCUT2D eigenvalue weighted by atomic mass is 15.2. The molecule has 0 saturated carbocycles. The Bertz CT molecular complexity index is 2690. The van der Waals surface area contributed by atoms with Crippen molar-refractivity contribution in [3.63, 3.8) is 0 Å². The molecule has 2 aromatic heterocycles. The molecule has 0 atom stereocenters. The minimum absolute atomic E-state index is 0.266. The zero-order chi connectivity index (χ0) is 35.5. The first-order valence-corrected chi connectivity index (χ1v) is 18.1. The Kier molecular flexibility index (Phi) is 7.08. The maximum absolute atomic E-state index is 5.28. The van der Waals surface area contributed by atoms with Gasteiger partial charge in [-0.05, 0) is 64.7 Å². The van der Waals surface area contributed by atoms with Crippen LogP contribution in [0, 0.1) is 0 Å². The Morgan fingerprint density at radius 2 is 1.02 bits per heavy atom. The molecule has 0 bridgehead atoms. The second-order valence-electron chi connectivity index (χ2n) is 14.1. The van der Waals surface area contributed by atoms with Crippen LogP contribution in [-0.4, -0.2) is 19.5 Å². The third kappa shape index (κ3) is 4.96. The Morgan fingerprint density at radius 3 is 1.62 bits per heavy atom. The smallest absolute Gasteiger partial charge is 0.238 e. The maximum atomic E-state index is 5.28. The first kappa shape index (κ1) is 30.9. The van der Waals surface area contributed by atoms with Gasteiger partial charge in [0.05, 0.1) is 11.0 Å². The third-order valence-electron chi connectivity index (χ3n) is 10.6. The highest BCUT2D eigenvalue weighted by Gasteiger charge is 2.38. The van der Waals surface area contributed by atoms with Gasteiger partial charge in [-0.3, -0.25) is 4.57 Å². The van der Waals surface area contributed by atoms with E-state index in [1.807, 2.05) is 36.4 Å². The molecule has 0 saturated heterocycles. The lowest BCUT2D eigenvalue weighted by atomic mass is 9.81. The number of hydrogen-bond acceptors (Lipinski definition) is 4. The molecule has 10 rings (SSSR count). The van der Waals surface area contributed by atoms with E-state index in [1.54, 1.807) is 0 Å². The molecule has 0 spiro atoms. The van der Waals surface area contributed by atoms with E-state index in [-0.39, 0.29) is 5.41 Å². The molecule has 5 heteroatoms. The summed E-state index contributed by atoms with van der Waals surface area (Å²) in [4.78, 5) is 17.9. The van der Waals surface area contributed by atoms with Crippen molar-refractivity contribution < 1.29 is 0 Å². The van der Waals surface area contributed by atoms with Crippen LogP contribution in [0.4, 0.5) is 17.1 Å². The van der Waals surface area contributed by atoms with Crippen molar-refractivity contribution in [1.29, 1.82) is 0 Å². The first-order valence-electron chi connectivity index (χ1n) is 18.1. The summed E-state index contributed by atoms with van der Waals surface area (Å²) in [7, 11) is 0. The van der Waals surface area contributed by atoms with Crippen molar-refractivity contribution >= 4 is 38.9 Å². The van der Waals surface area contributed by atoms with Crippen LogP contribution in [0.15, 0.2) is 176 Å². The second kappa shape index (κ2) is 12.1. The average Bonchev–Trinajstić information content (AvgIpc) is 3.67. The van der Waals surface area contributed by atoms with E-state index in [2.05, 4.69) is 163 Å². The van der Waals surface area contributed by atoms with Gasteiger partial charge in [-0.1, -0.05) is 147 Å². The van der Waals surface area contributed by atoms with Crippen LogP contribution in [0.25, 0.3) is 61.7 Å². The van der Waals surface area contributed by atoms with Gasteiger partial charge in [0, 0.05) is 44.4 Å². The SMILES string of the molecule is CC1(C)c2ccccc2-c2ccc3c4cc(N(c5ccccc5)c5ccccc5)ccc4n(-c4nc(-c5ccccc5)nc(-c5ccccc5)n4)c3c21. The van der Waals surface area contributed by atoms with E-state index in [1.165, 1.54) is 22.3 Å². The number of hydrogen-bond donors (Lipinski definition) is 0. The fourth-order valence-electron chi connectivity index (χ4n) is 8.20. The van der Waals surface area contributed by atoms with Gasteiger partial charge in [-0.15, -0.1) is 0 Å². The molecule has 2 heterocycles. The molecular weight excluding hydrogens is 647 g/mol. The van der Waals surface area contributed by atoms with Crippen molar-refractivity contribution in [2.45, 2.75) is 19.3 Å². The topological polar surface area (TPSA) is 46.8 Å². The minimum atomic E-state index is -0.266. The number of anilines is 3. The highest BCUT2D eigenvalue weighted by Crippen LogP contribution is 2.53. The van der Waals surface area contributed by atoms with E-state index >= 15 is 0 Å². The summed E-state index contributed by atoms with van der Waals surface area (Å²) in [5, 5.41) is 2.29. The van der Waals surface area contributed by atoms with Gasteiger partial charge in [-0.25, -0.2) is 4.98 Å². The Balaban J connectivity index is 1.31. The quantitative estimate of drug-likeness (QED) is 0.175. The Hall–Kier alpha value is -6.85. The van der Waals surface area contributed by atoms with Gasteiger partial charge in [0.25, 0.3) is 0 Å². The summed E-state index contributed by atoms with van der Waals surface area (Å²) in [6, 6.07) is 61.7. The summed E-state index contributed by atoms with van der Waals surface area (Å²) >= 11 is 0. The highest BCUT2D eigenvalue weighted by molar-refractivity contribution is 6.14. The summed E-state index contributed by atoms with van der Waals surface area (Å²) in [6.45, 7) is 4.69. The maximum Gasteiger partial charge on any atom is 0.238 e. The van der Waals surface area contributed by atoms with Crippen molar-refractivity contribution in [3.05, 3.63) is 187 Å². The lowest BCUT2D eigenvalue weighted by molar-refractivity contribution is 0.663. The molecule has 1 aliphatic rings. The van der Waals surface area contributed by atoms with E-state index in [4.69, 9.17) is 15.0 Å². The largest absolute Gasteiger partial charge is 0.310 e. The van der Waals surface area contributed by atoms with Gasteiger partial charge < -0.3 is 4.90 Å². The van der Waals surface area contributed by atoms with Crippen molar-refractivity contribution in [2.24, 2.45) is 0 Å². The predicted octanol–water partition coefficient (Wildman–Crippen LogP) is 12.1. The Labute approximate surface area is 308 Å². The summed E-state index contributed by atoms with van der Waals surface area (Å²) in [6.07, 6.45) is 0. The lowest BCUT2D eigenvalue weighted by Crippen LogP contribution is -2.17. The summed E-state index contributed by atoms with van der Waals surface area (Å²) < 4.78 is 2.29. The molecule has 53 heavy (non-hydrogen) atoms. The number of benzene rings is 7. The van der Waals surface area contributed by atoms with Crippen LogP contribution >= 0.6 is 0 Å². The average molecular weight is 682 g/mol. The van der Waals surface area contributed by atoms with Crippen LogP contribution in [0.3, 0.4) is 0 Å². The van der Waals surface area contributed by atoms with Crippen molar-refractivity contribution in [2.75, 3.05) is 4.90 Å². The van der Waals surface area contributed by atoms with Gasteiger partial charge >= 0.3 is 0 Å². The number of nitrogens with zero attached hydrogens (tertiary/aromatic N) is 5. The lowest BCUT2D eigenvalue weighted by Gasteiger charge is -2.25. The van der Waals surface area contributed by atoms with Gasteiger partial charge in [0.2, 0.25) is 5.95 Å². The van der Waals surface area contributed by atoms with Crippen LogP contribution < -0.4 is 4.90 Å². The third-order valence-corrected chi connectivity index (χ3v) is 10.6. The van der Waals surface area contributed by atoms with Crippen molar-refractivity contribution in [1.82, 2.24) is 19.5 Å². The molecule has 0 fully saturated rings. The van der Waals surface area contributed by atoms with Crippen LogP contribution in [0.2, 0.25) is 0 Å². The monoisotopic (exact) mass is 681 g/mol. The molecule has 0 amide bonds. The standard InChI is InChI=1S/C48H35N5/c1-48(2)41-26-16-15-25-37(41)38-28-29-39-40-31-36(52(34-21-11-5-12-22-34)35-23-13-6-14-24-35)27-30-42(40)53(44(39)43(38)48)47-50-45(32-17-7-3-8-18-32)49-46(51-47)33-19-9-4-10-20-33/h3-31H,1-2H3. The zero-order valence-corrected chi connectivity index (χ0v) is 29.5. The molecule has 0 radical (unpaired) electrons. The molecular formula is C48H35N5. The summed E-state index contributed by atoms with van der Waals surface area (Å²) in [5.41, 5.74) is 12.2. The number of para-hydroxylation sites is 2. The predicted molar refractivity (Wildman–Crippen MR) is 217 cm³/mol. The molecule has 1 aliphatic carbocycles. The van der Waals surface area contributed by atoms with E-state index in [0.29, 0.717) is 17.6 Å². The van der Waals surface area contributed by atoms with Gasteiger partial charge in [0.1, 0.15) is 0 Å². The van der Waals surface area contributed by atoms with E-state index < -0.39 is 0 Å². The second-order valence-corrected chi connectivity index (χ2v) is 14.1. The van der Waals surface area contributed by atoms with Gasteiger partial charge in [0.15, 0.2) is 11.6 Å². The molecule has 5 nitrogen and oxygen atoms in total. The molecule has 0 aliphatic heterocycles. The molecule has 252 valence electrons. The molecule has 0 unspecified atom stereocenters. The number of aromatic nitrogens is 4. The van der Waals surface area contributed by atoms with Crippen molar-refractivity contribution in [3.8, 4) is 39.9 Å². The van der Waals surface area contributed by atoms with Crippen LogP contribution in [0.5, 0.6) is 0 Å². The normalized spacial score (nSPS) is 12.9. The molecule has 0 N–H and O–H groups in total. The number of fused-ring (bicyclic) bond motifs is 7. The van der Waals surface area contributed by atoms with Crippen LogP contribution in [-0.2, 0) is 5.41 Å². The number of rotatable bonds is 6. The van der Waals surface area contributed by atoms with Gasteiger partial charge in [-0.2, -0.15) is 9.97 Å². The fraction of sp³-hybridized carbons (Fsp3) is 0.0625.